The molecule has 0 unspecified atom stereocenters. The molecule has 4 heterocycles. The van der Waals surface area contributed by atoms with E-state index in [4.69, 9.17) is 15.5 Å². The lowest BCUT2D eigenvalue weighted by atomic mass is 10.1. The Morgan fingerprint density at radius 3 is 2.54 bits per heavy atom. The fourth-order valence-electron chi connectivity index (χ4n) is 3.53. The summed E-state index contributed by atoms with van der Waals surface area (Å²) in [6.07, 6.45) is 5.58. The van der Waals surface area contributed by atoms with E-state index < -0.39 is 0 Å². The number of pyridine rings is 2. The molecule has 0 atom stereocenters. The summed E-state index contributed by atoms with van der Waals surface area (Å²) in [5, 5.41) is 11.8. The number of aromatic nitrogens is 6. The molecule has 0 radical (unpaired) electrons. The van der Waals surface area contributed by atoms with Crippen molar-refractivity contribution in [1.29, 1.82) is 0 Å². The second-order valence-corrected chi connectivity index (χ2v) is 9.02. The molecular weight excluding hydrogens is 440 g/mol. The van der Waals surface area contributed by atoms with E-state index in [1.165, 1.54) is 0 Å². The van der Waals surface area contributed by atoms with Crippen molar-refractivity contribution in [2.45, 2.75) is 46.3 Å². The van der Waals surface area contributed by atoms with E-state index in [2.05, 4.69) is 56.4 Å². The number of benzene rings is 1. The second kappa shape index (κ2) is 10.6. The highest BCUT2D eigenvalue weighted by Gasteiger charge is 2.15. The van der Waals surface area contributed by atoms with Crippen LogP contribution in [0.15, 0.2) is 48.9 Å². The van der Waals surface area contributed by atoms with Gasteiger partial charge in [-0.25, -0.2) is 9.97 Å². The van der Waals surface area contributed by atoms with Crippen LogP contribution in [0.25, 0.3) is 44.7 Å². The van der Waals surface area contributed by atoms with E-state index in [-0.39, 0.29) is 0 Å². The first kappa shape index (κ1) is 24.3. The lowest BCUT2D eigenvalue weighted by molar-refractivity contribution is 0.415. The monoisotopic (exact) mass is 472 g/mol. The van der Waals surface area contributed by atoms with E-state index in [9.17, 15) is 0 Å². The predicted molar refractivity (Wildman–Crippen MR) is 140 cm³/mol. The minimum absolute atomic E-state index is 0.333. The van der Waals surface area contributed by atoms with Gasteiger partial charge in [-0.05, 0) is 35.9 Å². The highest BCUT2D eigenvalue weighted by atomic mass is 16.5. The maximum Gasteiger partial charge on any atom is 0.159 e. The van der Waals surface area contributed by atoms with Crippen molar-refractivity contribution in [3.05, 3.63) is 54.5 Å². The van der Waals surface area contributed by atoms with Crippen LogP contribution in [0.5, 0.6) is 5.75 Å². The quantitative estimate of drug-likeness (QED) is 0.288. The zero-order chi connectivity index (χ0) is 24.9. The van der Waals surface area contributed by atoms with Crippen LogP contribution in [0, 0.1) is 0 Å². The molecule has 0 amide bonds. The molecule has 5 N–H and O–H groups in total. The second-order valence-electron chi connectivity index (χ2n) is 9.02. The Bertz CT molecular complexity index is 1420. The lowest BCUT2D eigenvalue weighted by Crippen LogP contribution is -2.21. The molecule has 0 spiro atoms. The summed E-state index contributed by atoms with van der Waals surface area (Å²) < 4.78 is 5.30. The summed E-state index contributed by atoms with van der Waals surface area (Å²) in [6, 6.07) is 10.7. The minimum atomic E-state index is 0.333. The van der Waals surface area contributed by atoms with E-state index in [0.717, 1.165) is 51.1 Å². The number of methoxy groups -OCH3 is 1. The van der Waals surface area contributed by atoms with Gasteiger partial charge in [-0.2, -0.15) is 5.10 Å². The van der Waals surface area contributed by atoms with Gasteiger partial charge >= 0.3 is 0 Å². The zero-order valence-corrected chi connectivity index (χ0v) is 20.8. The smallest absolute Gasteiger partial charge is 0.159 e. The van der Waals surface area contributed by atoms with Gasteiger partial charge in [0, 0.05) is 48.4 Å². The predicted octanol–water partition coefficient (Wildman–Crippen LogP) is 4.42. The van der Waals surface area contributed by atoms with Crippen molar-refractivity contribution in [2.75, 3.05) is 7.11 Å². The molecular formula is C26H32N8O. The number of hydrogen-bond acceptors (Lipinski definition) is 7. The first-order valence-electron chi connectivity index (χ1n) is 11.7. The number of nitrogens with two attached hydrogens (primary N) is 1. The van der Waals surface area contributed by atoms with Crippen LogP contribution in [-0.4, -0.2) is 49.3 Å². The third kappa shape index (κ3) is 5.82. The lowest BCUT2D eigenvalue weighted by Gasteiger charge is -2.09. The number of hydrogen-bond donors (Lipinski definition) is 4. The Kier molecular flexibility index (Phi) is 7.38. The number of rotatable bonds is 6. The number of nitrogens with zero attached hydrogens (tertiary/aromatic N) is 4. The first-order chi connectivity index (χ1) is 16.8. The molecule has 0 saturated heterocycles. The van der Waals surface area contributed by atoms with E-state index in [1.807, 2.05) is 50.6 Å². The van der Waals surface area contributed by atoms with Gasteiger partial charge in [0.05, 0.1) is 23.5 Å². The molecule has 9 heteroatoms. The topological polar surface area (TPSA) is 130 Å². The van der Waals surface area contributed by atoms with Gasteiger partial charge in [0.25, 0.3) is 0 Å². The number of ether oxygens (including phenoxy) is 1. The van der Waals surface area contributed by atoms with Crippen LogP contribution in [0.1, 0.15) is 33.3 Å². The molecule has 35 heavy (non-hydrogen) atoms. The fraction of sp³-hybridized carbons (Fsp3) is 0.308. The standard InChI is InChI=1S/C23H23N7O.C3H9N/c1-13(2)25-10-14-6-15(11-24-9-14)16-7-18-21(29-30-22(18)26-12-16)23-27-19-5-4-17(31-3)8-20(19)28-23;1-3(2)4/h4-9,11-13,25H,10H2,1-3H3,(H,27,28)(H,26,29,30);3H,4H2,1-2H3. The van der Waals surface area contributed by atoms with Crippen molar-refractivity contribution in [2.24, 2.45) is 5.73 Å². The minimum Gasteiger partial charge on any atom is -0.497 e. The largest absolute Gasteiger partial charge is 0.497 e. The van der Waals surface area contributed by atoms with Gasteiger partial charge < -0.3 is 20.8 Å². The number of nitrogens with one attached hydrogen (secondary N) is 3. The van der Waals surface area contributed by atoms with Crippen LogP contribution in [0.3, 0.4) is 0 Å². The molecule has 0 saturated carbocycles. The highest BCUT2D eigenvalue weighted by Crippen LogP contribution is 2.30. The summed E-state index contributed by atoms with van der Waals surface area (Å²) >= 11 is 0. The average Bonchev–Trinajstić information content (AvgIpc) is 3.45. The van der Waals surface area contributed by atoms with Crippen LogP contribution < -0.4 is 15.8 Å². The van der Waals surface area contributed by atoms with Crippen molar-refractivity contribution < 1.29 is 4.74 Å². The molecule has 0 bridgehead atoms. The van der Waals surface area contributed by atoms with E-state index in [0.29, 0.717) is 23.6 Å². The number of fused-ring (bicyclic) bond motifs is 2. The number of aromatic amines is 2. The molecule has 1 aromatic carbocycles. The van der Waals surface area contributed by atoms with Crippen LogP contribution in [0.4, 0.5) is 0 Å². The molecule has 9 nitrogen and oxygen atoms in total. The molecule has 5 rings (SSSR count). The van der Waals surface area contributed by atoms with Gasteiger partial charge in [0.2, 0.25) is 0 Å². The fourth-order valence-corrected chi connectivity index (χ4v) is 3.53. The van der Waals surface area contributed by atoms with Crippen molar-refractivity contribution in [1.82, 2.24) is 35.5 Å². The number of imidazole rings is 1. The maximum absolute atomic E-state index is 5.30. The summed E-state index contributed by atoms with van der Waals surface area (Å²) in [4.78, 5) is 17.0. The number of H-pyrrole nitrogens is 2. The summed E-state index contributed by atoms with van der Waals surface area (Å²) in [5.41, 5.74) is 11.4. The van der Waals surface area contributed by atoms with E-state index >= 15 is 0 Å². The Morgan fingerprint density at radius 1 is 1.03 bits per heavy atom. The Balaban J connectivity index is 0.000000672. The molecule has 0 aliphatic carbocycles. The van der Waals surface area contributed by atoms with Gasteiger partial charge in [0.1, 0.15) is 11.4 Å². The third-order valence-corrected chi connectivity index (χ3v) is 5.17. The molecule has 0 aliphatic rings. The summed E-state index contributed by atoms with van der Waals surface area (Å²) in [6.45, 7) is 8.92. The first-order valence-corrected chi connectivity index (χ1v) is 11.7. The van der Waals surface area contributed by atoms with Gasteiger partial charge in [0.15, 0.2) is 11.5 Å². The van der Waals surface area contributed by atoms with Gasteiger partial charge in [-0.15, -0.1) is 0 Å². The van der Waals surface area contributed by atoms with Crippen LogP contribution in [-0.2, 0) is 6.54 Å². The van der Waals surface area contributed by atoms with Gasteiger partial charge in [-0.1, -0.05) is 27.7 Å². The van der Waals surface area contributed by atoms with Crippen molar-refractivity contribution in [3.63, 3.8) is 0 Å². The van der Waals surface area contributed by atoms with E-state index in [1.54, 1.807) is 7.11 Å². The van der Waals surface area contributed by atoms with Gasteiger partial charge in [-0.3, -0.25) is 10.1 Å². The average molecular weight is 473 g/mol. The van der Waals surface area contributed by atoms with Crippen LogP contribution in [0.2, 0.25) is 0 Å². The third-order valence-electron chi connectivity index (χ3n) is 5.17. The maximum atomic E-state index is 5.30. The Labute approximate surface area is 204 Å². The molecule has 182 valence electrons. The Hall–Kier alpha value is -3.82. The highest BCUT2D eigenvalue weighted by molar-refractivity contribution is 5.93. The van der Waals surface area contributed by atoms with Crippen LogP contribution >= 0.6 is 0 Å². The Morgan fingerprint density at radius 2 is 1.80 bits per heavy atom. The summed E-state index contributed by atoms with van der Waals surface area (Å²) in [5.74, 6) is 1.45. The molecule has 4 aromatic heterocycles. The SMILES string of the molecule is CC(C)N.COc1ccc2[nH]c(-c3n[nH]c4ncc(-c5cncc(CNC(C)C)c5)cc34)nc2c1. The van der Waals surface area contributed by atoms with Crippen molar-refractivity contribution >= 4 is 22.1 Å². The zero-order valence-electron chi connectivity index (χ0n) is 20.8. The summed E-state index contributed by atoms with van der Waals surface area (Å²) in [7, 11) is 1.64. The molecule has 5 aromatic rings. The molecule has 0 fully saturated rings. The molecule has 0 aliphatic heterocycles. The normalized spacial score (nSPS) is 11.3. The van der Waals surface area contributed by atoms with Crippen molar-refractivity contribution in [3.8, 4) is 28.4 Å².